The first kappa shape index (κ1) is 42.8. The minimum absolute atomic E-state index is 0.0352. The zero-order chi connectivity index (χ0) is 39.4. The van der Waals surface area contributed by atoms with Gasteiger partial charge in [0.15, 0.2) is 0 Å². The fourth-order valence-electron chi connectivity index (χ4n) is 10.5. The van der Waals surface area contributed by atoms with E-state index in [-0.39, 0.29) is 34.7 Å². The predicted molar refractivity (Wildman–Crippen MR) is 205 cm³/mol. The first-order valence-corrected chi connectivity index (χ1v) is 21.0. The summed E-state index contributed by atoms with van der Waals surface area (Å²) in [6.07, 6.45) is 21.2. The minimum atomic E-state index is -2.86. The lowest BCUT2D eigenvalue weighted by atomic mass is 9.56. The van der Waals surface area contributed by atoms with Crippen LogP contribution in [0.4, 0.5) is 17.6 Å². The highest BCUT2D eigenvalue weighted by Gasteiger charge is 2.45. The van der Waals surface area contributed by atoms with E-state index in [1.54, 1.807) is 12.1 Å². The summed E-state index contributed by atoms with van der Waals surface area (Å²) >= 11 is 0. The molecule has 2 aromatic carbocycles. The van der Waals surface area contributed by atoms with E-state index in [0.29, 0.717) is 24.5 Å². The van der Waals surface area contributed by atoms with Crippen LogP contribution in [0.1, 0.15) is 141 Å². The molecular weight excluding hydrogens is 712 g/mol. The van der Waals surface area contributed by atoms with Gasteiger partial charge in [-0.05, 0) is 154 Å². The van der Waals surface area contributed by atoms with Gasteiger partial charge in [-0.2, -0.15) is 17.6 Å². The Morgan fingerprint density at radius 1 is 0.636 bits per heavy atom. The molecule has 6 rings (SSSR count). The maximum atomic E-state index is 12.5. The topological polar surface area (TPSA) is 82.1 Å². The summed E-state index contributed by atoms with van der Waals surface area (Å²) in [4.78, 5) is 23.9. The van der Waals surface area contributed by atoms with E-state index >= 15 is 0 Å². The normalized spacial score (nSPS) is 29.9. The summed E-state index contributed by atoms with van der Waals surface area (Å²) in [5.41, 5.74) is 1.13. The number of carbonyl (C=O) groups is 2. The highest BCUT2D eigenvalue weighted by Crippen LogP contribution is 2.52. The Kier molecular flexibility index (Phi) is 16.2. The molecule has 4 aliphatic rings. The number of hydrogen-bond acceptors (Lipinski definition) is 5. The number of aliphatic carboxylic acids is 1. The van der Waals surface area contributed by atoms with Crippen molar-refractivity contribution in [3.63, 3.8) is 0 Å². The van der Waals surface area contributed by atoms with E-state index < -0.39 is 19.2 Å². The molecule has 0 aliphatic heterocycles. The van der Waals surface area contributed by atoms with Crippen LogP contribution in [-0.2, 0) is 15.0 Å². The maximum Gasteiger partial charge on any atom is 0.387 e. The second kappa shape index (κ2) is 20.7. The minimum Gasteiger partial charge on any atom is -0.481 e. The summed E-state index contributed by atoms with van der Waals surface area (Å²) < 4.78 is 63.6. The van der Waals surface area contributed by atoms with Gasteiger partial charge in [0.1, 0.15) is 17.2 Å². The molecule has 1 N–H and O–H groups in total. The zero-order valence-corrected chi connectivity index (χ0v) is 32.8. The van der Waals surface area contributed by atoms with Crippen LogP contribution < -0.4 is 14.2 Å². The molecular formula is C45H62F4O6. The van der Waals surface area contributed by atoms with E-state index in [1.165, 1.54) is 94.9 Å². The van der Waals surface area contributed by atoms with Crippen molar-refractivity contribution in [2.75, 3.05) is 0 Å². The van der Waals surface area contributed by atoms with Crippen LogP contribution in [0.5, 0.6) is 17.2 Å². The van der Waals surface area contributed by atoms with E-state index in [1.807, 2.05) is 12.1 Å². The molecule has 0 saturated heterocycles. The molecule has 306 valence electrons. The lowest BCUT2D eigenvalue weighted by Crippen LogP contribution is -2.42. The van der Waals surface area contributed by atoms with Gasteiger partial charge in [0.25, 0.3) is 0 Å². The van der Waals surface area contributed by atoms with Crippen LogP contribution in [-0.4, -0.2) is 30.3 Å². The molecule has 4 aliphatic carbocycles. The SMILES string of the molecule is CCC1CCC(C2CCC(C(=O)Oc3ccc(OC(F)F)cc3)CC2)CC1.CCCC1CCC(C2(c3ccc(OC(F)F)cc3)CCC(C(=O)O)CC2)CC1. The van der Waals surface area contributed by atoms with Crippen LogP contribution >= 0.6 is 0 Å². The van der Waals surface area contributed by atoms with E-state index in [2.05, 4.69) is 23.3 Å². The molecule has 0 unspecified atom stereocenters. The standard InChI is InChI=1S/C23H32F2O3.C22H30F2O3/c1-2-3-16-4-6-18(7-5-16)23(14-12-17(13-15-23)21(26)27)19-8-10-20(11-9-19)28-22(24)25;1-2-15-3-5-16(6-4-15)17-7-9-18(10-8-17)21(25)26-19-11-13-20(14-12-19)27-22(23)24/h8-11,16-18,22H,2-7,12-15H2,1H3,(H,26,27);11-18,22H,2-10H2,1H3. The van der Waals surface area contributed by atoms with Crippen molar-refractivity contribution in [1.29, 1.82) is 0 Å². The third-order valence-corrected chi connectivity index (χ3v) is 13.7. The number of carboxylic acids is 1. The van der Waals surface area contributed by atoms with Gasteiger partial charge in [-0.1, -0.05) is 70.9 Å². The molecule has 10 heteroatoms. The largest absolute Gasteiger partial charge is 0.481 e. The van der Waals surface area contributed by atoms with Crippen LogP contribution in [0.2, 0.25) is 0 Å². The molecule has 6 nitrogen and oxygen atoms in total. The third kappa shape index (κ3) is 12.1. The number of rotatable bonds is 13. The van der Waals surface area contributed by atoms with E-state index in [9.17, 15) is 32.3 Å². The smallest absolute Gasteiger partial charge is 0.387 e. The number of alkyl halides is 4. The molecule has 0 atom stereocenters. The maximum absolute atomic E-state index is 12.5. The lowest BCUT2D eigenvalue weighted by molar-refractivity contribution is -0.143. The summed E-state index contributed by atoms with van der Waals surface area (Å²) in [7, 11) is 0. The first-order valence-electron chi connectivity index (χ1n) is 21.0. The van der Waals surface area contributed by atoms with Gasteiger partial charge in [-0.15, -0.1) is 0 Å². The Balaban J connectivity index is 0.000000211. The number of hydrogen-bond donors (Lipinski definition) is 1. The Labute approximate surface area is 325 Å². The van der Waals surface area contributed by atoms with E-state index in [4.69, 9.17) is 4.74 Å². The number of ether oxygens (including phenoxy) is 3. The Hall–Kier alpha value is -3.30. The highest BCUT2D eigenvalue weighted by atomic mass is 19.3. The van der Waals surface area contributed by atoms with Gasteiger partial charge in [-0.25, -0.2) is 0 Å². The Bertz CT molecular complexity index is 1430. The lowest BCUT2D eigenvalue weighted by Gasteiger charge is -2.48. The fourth-order valence-corrected chi connectivity index (χ4v) is 10.5. The van der Waals surface area contributed by atoms with E-state index in [0.717, 1.165) is 67.8 Å². The van der Waals surface area contributed by atoms with Gasteiger partial charge in [-0.3, -0.25) is 9.59 Å². The summed E-state index contributed by atoms with van der Waals surface area (Å²) in [5.74, 6) is 3.29. The van der Waals surface area contributed by atoms with Gasteiger partial charge in [0.05, 0.1) is 11.8 Å². The molecule has 0 amide bonds. The van der Waals surface area contributed by atoms with Gasteiger partial charge < -0.3 is 19.3 Å². The van der Waals surface area contributed by atoms with Crippen molar-refractivity contribution in [3.05, 3.63) is 54.1 Å². The summed E-state index contributed by atoms with van der Waals surface area (Å²) in [5, 5.41) is 9.42. The van der Waals surface area contributed by atoms with Crippen molar-refractivity contribution in [2.24, 2.45) is 41.4 Å². The molecule has 4 saturated carbocycles. The molecule has 0 spiro atoms. The van der Waals surface area contributed by atoms with Crippen molar-refractivity contribution in [2.45, 2.75) is 154 Å². The predicted octanol–water partition coefficient (Wildman–Crippen LogP) is 12.6. The summed E-state index contributed by atoms with van der Waals surface area (Å²) in [6, 6.07) is 12.9. The molecule has 0 bridgehead atoms. The van der Waals surface area contributed by atoms with Crippen LogP contribution in [0, 0.1) is 41.4 Å². The molecule has 4 fully saturated rings. The average Bonchev–Trinajstić information content (AvgIpc) is 3.19. The molecule has 0 heterocycles. The number of benzene rings is 2. The highest BCUT2D eigenvalue weighted by molar-refractivity contribution is 5.75. The second-order valence-corrected chi connectivity index (χ2v) is 16.7. The molecule has 55 heavy (non-hydrogen) atoms. The van der Waals surface area contributed by atoms with Gasteiger partial charge in [0, 0.05) is 0 Å². The van der Waals surface area contributed by atoms with Gasteiger partial charge in [0.2, 0.25) is 0 Å². The molecule has 0 radical (unpaired) electrons. The Morgan fingerprint density at radius 2 is 1.11 bits per heavy atom. The number of carboxylic acid groups (broad SMARTS) is 1. The van der Waals surface area contributed by atoms with Crippen molar-refractivity contribution in [1.82, 2.24) is 0 Å². The third-order valence-electron chi connectivity index (χ3n) is 13.7. The fraction of sp³-hybridized carbons (Fsp3) is 0.689. The Morgan fingerprint density at radius 3 is 1.58 bits per heavy atom. The second-order valence-electron chi connectivity index (χ2n) is 16.7. The average molecular weight is 775 g/mol. The number of carbonyl (C=O) groups excluding carboxylic acids is 1. The molecule has 0 aromatic heterocycles. The van der Waals surface area contributed by atoms with Crippen molar-refractivity contribution < 1.29 is 46.5 Å². The quantitative estimate of drug-likeness (QED) is 0.124. The van der Waals surface area contributed by atoms with Crippen molar-refractivity contribution in [3.8, 4) is 17.2 Å². The number of halogens is 4. The van der Waals surface area contributed by atoms with Gasteiger partial charge >= 0.3 is 25.2 Å². The summed E-state index contributed by atoms with van der Waals surface area (Å²) in [6.45, 7) is -1.14. The van der Waals surface area contributed by atoms with Crippen LogP contribution in [0.25, 0.3) is 0 Å². The van der Waals surface area contributed by atoms with Crippen molar-refractivity contribution >= 4 is 11.9 Å². The van der Waals surface area contributed by atoms with Crippen LogP contribution in [0.15, 0.2) is 48.5 Å². The monoisotopic (exact) mass is 774 g/mol. The first-order chi connectivity index (χ1) is 26.5. The van der Waals surface area contributed by atoms with Crippen LogP contribution in [0.3, 0.4) is 0 Å². The number of esters is 1. The molecule has 2 aromatic rings. The zero-order valence-electron chi connectivity index (χ0n) is 32.8.